The molecule has 0 aromatic carbocycles. The van der Waals surface area contributed by atoms with Crippen LogP contribution in [0.15, 0.2) is 18.5 Å². The van der Waals surface area contributed by atoms with Gasteiger partial charge in [0.2, 0.25) is 0 Å². The first-order valence-corrected chi connectivity index (χ1v) is 4.15. The summed E-state index contributed by atoms with van der Waals surface area (Å²) in [5.74, 6) is 0.203. The fourth-order valence-electron chi connectivity index (χ4n) is 1.03. The maximum Gasteiger partial charge on any atom is 0.0489 e. The van der Waals surface area contributed by atoms with Crippen molar-refractivity contribution < 1.29 is 5.11 Å². The third-order valence-corrected chi connectivity index (χ3v) is 1.92. The van der Waals surface area contributed by atoms with Crippen LogP contribution in [-0.4, -0.2) is 28.0 Å². The van der Waals surface area contributed by atoms with Crippen LogP contribution in [0.2, 0.25) is 0 Å². The summed E-state index contributed by atoms with van der Waals surface area (Å²) in [6.45, 7) is 1.53. The highest BCUT2D eigenvalue weighted by molar-refractivity contribution is 4.77. The maximum absolute atomic E-state index is 8.84. The Bertz CT molecular complexity index is 194. The minimum absolute atomic E-state index is 0.164. The highest BCUT2D eigenvalue weighted by Crippen LogP contribution is 2.01. The minimum Gasteiger partial charge on any atom is -0.396 e. The summed E-state index contributed by atoms with van der Waals surface area (Å²) in [4.78, 5) is 0. The Morgan fingerprint density at radius 1 is 1.58 bits per heavy atom. The fourth-order valence-corrected chi connectivity index (χ4v) is 1.03. The van der Waals surface area contributed by atoms with Gasteiger partial charge in [-0.25, -0.2) is 0 Å². The number of rotatable bonds is 5. The first kappa shape index (κ1) is 9.22. The van der Waals surface area contributed by atoms with Crippen molar-refractivity contribution in [3.8, 4) is 0 Å². The van der Waals surface area contributed by atoms with Gasteiger partial charge in [-0.05, 0) is 24.9 Å². The van der Waals surface area contributed by atoms with Crippen molar-refractivity contribution >= 4 is 0 Å². The molecule has 0 aliphatic carbocycles. The Kier molecular flexibility index (Phi) is 3.76. The average Bonchev–Trinajstić information content (AvgIpc) is 2.59. The molecule has 0 radical (unpaired) electrons. The van der Waals surface area contributed by atoms with E-state index in [1.54, 1.807) is 6.20 Å². The van der Waals surface area contributed by atoms with Crippen LogP contribution >= 0.6 is 0 Å². The number of nitrogens with zero attached hydrogens (tertiary/aromatic N) is 2. The van der Waals surface area contributed by atoms with Crippen molar-refractivity contribution in [2.45, 2.75) is 13.0 Å². The first-order valence-electron chi connectivity index (χ1n) is 4.15. The lowest BCUT2D eigenvalue weighted by Crippen LogP contribution is -2.20. The van der Waals surface area contributed by atoms with Gasteiger partial charge in [0.25, 0.3) is 0 Å². The van der Waals surface area contributed by atoms with Crippen molar-refractivity contribution in [1.29, 1.82) is 0 Å². The fraction of sp³-hybridized carbons (Fsp3) is 0.625. The molecule has 12 heavy (non-hydrogen) atoms. The van der Waals surface area contributed by atoms with Gasteiger partial charge < -0.3 is 10.8 Å². The van der Waals surface area contributed by atoms with Gasteiger partial charge in [-0.1, -0.05) is 0 Å². The Morgan fingerprint density at radius 2 is 2.42 bits per heavy atom. The first-order chi connectivity index (χ1) is 5.86. The zero-order valence-electron chi connectivity index (χ0n) is 7.06. The average molecular weight is 169 g/mol. The second kappa shape index (κ2) is 4.90. The minimum atomic E-state index is 0.164. The molecule has 1 atom stereocenters. The van der Waals surface area contributed by atoms with Gasteiger partial charge in [-0.2, -0.15) is 5.10 Å². The molecule has 1 unspecified atom stereocenters. The predicted molar refractivity (Wildman–Crippen MR) is 46.5 cm³/mol. The molecule has 0 fully saturated rings. The van der Waals surface area contributed by atoms with Gasteiger partial charge in [0.1, 0.15) is 0 Å². The number of aromatic nitrogens is 2. The van der Waals surface area contributed by atoms with E-state index in [1.807, 2.05) is 16.9 Å². The molecule has 1 aromatic heterocycles. The molecule has 68 valence electrons. The summed E-state index contributed by atoms with van der Waals surface area (Å²) in [7, 11) is 0. The summed E-state index contributed by atoms with van der Waals surface area (Å²) < 4.78 is 1.85. The van der Waals surface area contributed by atoms with Gasteiger partial charge in [0.05, 0.1) is 0 Å². The summed E-state index contributed by atoms with van der Waals surface area (Å²) in [6, 6.07) is 1.89. The van der Waals surface area contributed by atoms with Gasteiger partial charge in [0, 0.05) is 25.5 Å². The summed E-state index contributed by atoms with van der Waals surface area (Å²) in [6.07, 6.45) is 4.54. The number of aliphatic hydroxyl groups is 1. The zero-order chi connectivity index (χ0) is 8.81. The molecule has 1 heterocycles. The van der Waals surface area contributed by atoms with Crippen LogP contribution < -0.4 is 5.73 Å². The highest BCUT2D eigenvalue weighted by Gasteiger charge is 2.04. The number of aliphatic hydroxyl groups excluding tert-OH is 1. The zero-order valence-corrected chi connectivity index (χ0v) is 7.06. The highest BCUT2D eigenvalue weighted by atomic mass is 16.3. The molecule has 0 saturated heterocycles. The Hall–Kier alpha value is -0.870. The van der Waals surface area contributed by atoms with E-state index in [1.165, 1.54) is 0 Å². The molecule has 1 aromatic rings. The topological polar surface area (TPSA) is 64.1 Å². The molecule has 4 nitrogen and oxygen atoms in total. The number of hydrogen-bond donors (Lipinski definition) is 2. The molecule has 0 spiro atoms. The second-order valence-corrected chi connectivity index (χ2v) is 2.84. The summed E-state index contributed by atoms with van der Waals surface area (Å²) in [5, 5.41) is 12.9. The molecule has 0 bridgehead atoms. The number of hydrogen-bond acceptors (Lipinski definition) is 3. The van der Waals surface area contributed by atoms with E-state index >= 15 is 0 Å². The monoisotopic (exact) mass is 169 g/mol. The molecule has 0 saturated carbocycles. The lowest BCUT2D eigenvalue weighted by atomic mass is 10.1. The number of nitrogens with two attached hydrogens (primary N) is 1. The van der Waals surface area contributed by atoms with Crippen molar-refractivity contribution in [1.82, 2.24) is 9.78 Å². The van der Waals surface area contributed by atoms with E-state index in [0.717, 1.165) is 13.0 Å². The Balaban J connectivity index is 2.25. The van der Waals surface area contributed by atoms with Crippen LogP contribution in [0.1, 0.15) is 6.42 Å². The quantitative estimate of drug-likeness (QED) is 0.643. The van der Waals surface area contributed by atoms with E-state index < -0.39 is 0 Å². The van der Waals surface area contributed by atoms with Crippen molar-refractivity contribution in [2.75, 3.05) is 13.2 Å². The van der Waals surface area contributed by atoms with E-state index in [0.29, 0.717) is 6.54 Å². The van der Waals surface area contributed by atoms with E-state index in [2.05, 4.69) is 5.10 Å². The third kappa shape index (κ3) is 2.64. The lowest BCUT2D eigenvalue weighted by molar-refractivity contribution is 0.216. The van der Waals surface area contributed by atoms with Crippen LogP contribution in [0.5, 0.6) is 0 Å². The van der Waals surface area contributed by atoms with Gasteiger partial charge in [-0.15, -0.1) is 0 Å². The number of aryl methyl sites for hydroxylation is 1. The normalized spacial score (nSPS) is 13.2. The van der Waals surface area contributed by atoms with Crippen molar-refractivity contribution in [2.24, 2.45) is 11.7 Å². The van der Waals surface area contributed by atoms with E-state index in [9.17, 15) is 0 Å². The second-order valence-electron chi connectivity index (χ2n) is 2.84. The van der Waals surface area contributed by atoms with Crippen molar-refractivity contribution in [3.63, 3.8) is 0 Å². The summed E-state index contributed by atoms with van der Waals surface area (Å²) in [5.41, 5.74) is 5.43. The van der Waals surface area contributed by atoms with E-state index in [-0.39, 0.29) is 12.5 Å². The van der Waals surface area contributed by atoms with Gasteiger partial charge in [0.15, 0.2) is 0 Å². The maximum atomic E-state index is 8.84. The van der Waals surface area contributed by atoms with Crippen molar-refractivity contribution in [3.05, 3.63) is 18.5 Å². The molecule has 0 aliphatic rings. The summed E-state index contributed by atoms with van der Waals surface area (Å²) >= 11 is 0. The Morgan fingerprint density at radius 3 is 2.92 bits per heavy atom. The van der Waals surface area contributed by atoms with Crippen LogP contribution in [0.25, 0.3) is 0 Å². The van der Waals surface area contributed by atoms with Crippen LogP contribution in [0, 0.1) is 5.92 Å². The smallest absolute Gasteiger partial charge is 0.0489 e. The lowest BCUT2D eigenvalue weighted by Gasteiger charge is -2.10. The molecule has 0 aliphatic heterocycles. The van der Waals surface area contributed by atoms with Crippen LogP contribution in [0.4, 0.5) is 0 Å². The van der Waals surface area contributed by atoms with Gasteiger partial charge >= 0.3 is 0 Å². The van der Waals surface area contributed by atoms with Crippen LogP contribution in [0.3, 0.4) is 0 Å². The Labute approximate surface area is 72.0 Å². The molecular formula is C8H15N3O. The predicted octanol–water partition coefficient (Wildman–Crippen LogP) is -0.160. The third-order valence-electron chi connectivity index (χ3n) is 1.92. The largest absolute Gasteiger partial charge is 0.396 e. The molecular weight excluding hydrogens is 154 g/mol. The molecule has 3 N–H and O–H groups in total. The van der Waals surface area contributed by atoms with E-state index in [4.69, 9.17) is 10.8 Å². The molecule has 0 amide bonds. The molecule has 4 heteroatoms. The standard InChI is InChI=1S/C8H15N3O/c9-6-8(7-12)2-5-11-4-1-3-10-11/h1,3-4,8,12H,2,5-7,9H2. The SMILES string of the molecule is NCC(CO)CCn1cccn1. The molecule has 1 rings (SSSR count). The van der Waals surface area contributed by atoms with Gasteiger partial charge in [-0.3, -0.25) is 4.68 Å². The van der Waals surface area contributed by atoms with Crippen LogP contribution in [-0.2, 0) is 6.54 Å².